The van der Waals surface area contributed by atoms with Gasteiger partial charge in [0.05, 0.1) is 6.10 Å². The van der Waals surface area contributed by atoms with E-state index in [1.54, 1.807) is 0 Å². The molecule has 2 aliphatic rings. The normalized spacial score (nSPS) is 32.6. The minimum absolute atomic E-state index is 0.108. The Kier molecular flexibility index (Phi) is 3.45. The van der Waals surface area contributed by atoms with E-state index >= 15 is 0 Å². The molecule has 1 saturated heterocycles. The van der Waals surface area contributed by atoms with Crippen LogP contribution in [-0.4, -0.2) is 35.7 Å². The highest BCUT2D eigenvalue weighted by Gasteiger charge is 2.28. The second-order valence-corrected chi connectivity index (χ2v) is 5.20. The van der Waals surface area contributed by atoms with Gasteiger partial charge in [0.15, 0.2) is 0 Å². The van der Waals surface area contributed by atoms with Gasteiger partial charge in [0.25, 0.3) is 0 Å². The molecule has 0 bridgehead atoms. The van der Waals surface area contributed by atoms with Crippen LogP contribution in [0.1, 0.15) is 39.0 Å². The summed E-state index contributed by atoms with van der Waals surface area (Å²) in [6.07, 6.45) is 6.86. The fourth-order valence-corrected chi connectivity index (χ4v) is 2.98. The molecule has 2 fully saturated rings. The van der Waals surface area contributed by atoms with E-state index in [0.29, 0.717) is 5.92 Å². The number of aliphatic hydroxyl groups excluding tert-OH is 1. The highest BCUT2D eigenvalue weighted by atomic mass is 16.3. The third kappa shape index (κ3) is 2.48. The summed E-state index contributed by atoms with van der Waals surface area (Å²) in [6, 6.07) is 0. The molecule has 1 aliphatic heterocycles. The molecule has 0 amide bonds. The first kappa shape index (κ1) is 10.4. The van der Waals surface area contributed by atoms with Gasteiger partial charge in [-0.1, -0.05) is 12.8 Å². The molecule has 1 aliphatic carbocycles. The largest absolute Gasteiger partial charge is 0.393 e. The molecule has 2 nitrogen and oxygen atoms in total. The predicted molar refractivity (Wildman–Crippen MR) is 58.2 cm³/mol. The summed E-state index contributed by atoms with van der Waals surface area (Å²) >= 11 is 0. The van der Waals surface area contributed by atoms with Crippen LogP contribution >= 0.6 is 0 Å². The van der Waals surface area contributed by atoms with Crippen molar-refractivity contribution in [2.75, 3.05) is 19.6 Å². The molecule has 0 aromatic carbocycles. The van der Waals surface area contributed by atoms with Crippen molar-refractivity contribution >= 4 is 0 Å². The molecule has 2 unspecified atom stereocenters. The lowest BCUT2D eigenvalue weighted by atomic mass is 10.0. The molecule has 1 saturated carbocycles. The summed E-state index contributed by atoms with van der Waals surface area (Å²) in [5, 5.41) is 9.50. The molecule has 82 valence electrons. The Morgan fingerprint density at radius 3 is 2.57 bits per heavy atom. The SMILES string of the molecule is CC(O)C1CCN(CC2CCCC2)C1. The number of aliphatic hydroxyl groups is 1. The number of likely N-dealkylation sites (tertiary alicyclic amines) is 1. The van der Waals surface area contributed by atoms with Gasteiger partial charge in [0.1, 0.15) is 0 Å². The van der Waals surface area contributed by atoms with Gasteiger partial charge in [-0.3, -0.25) is 0 Å². The van der Waals surface area contributed by atoms with Crippen molar-refractivity contribution in [2.24, 2.45) is 11.8 Å². The maximum atomic E-state index is 9.50. The molecular formula is C12H23NO. The van der Waals surface area contributed by atoms with Crippen molar-refractivity contribution < 1.29 is 5.11 Å². The number of rotatable bonds is 3. The Morgan fingerprint density at radius 1 is 1.29 bits per heavy atom. The van der Waals surface area contributed by atoms with Gasteiger partial charge >= 0.3 is 0 Å². The molecular weight excluding hydrogens is 174 g/mol. The van der Waals surface area contributed by atoms with Gasteiger partial charge < -0.3 is 10.0 Å². The zero-order chi connectivity index (χ0) is 9.97. The Bertz CT molecular complexity index is 175. The molecule has 0 radical (unpaired) electrons. The summed E-state index contributed by atoms with van der Waals surface area (Å²) in [4.78, 5) is 2.56. The quantitative estimate of drug-likeness (QED) is 0.746. The van der Waals surface area contributed by atoms with Crippen molar-refractivity contribution in [3.63, 3.8) is 0 Å². The van der Waals surface area contributed by atoms with Gasteiger partial charge in [-0.15, -0.1) is 0 Å². The van der Waals surface area contributed by atoms with Crippen LogP contribution in [0.5, 0.6) is 0 Å². The van der Waals surface area contributed by atoms with Crippen LogP contribution < -0.4 is 0 Å². The molecule has 2 atom stereocenters. The number of hydrogen-bond donors (Lipinski definition) is 1. The zero-order valence-electron chi connectivity index (χ0n) is 9.28. The van der Waals surface area contributed by atoms with E-state index in [-0.39, 0.29) is 6.10 Å². The minimum Gasteiger partial charge on any atom is -0.393 e. The minimum atomic E-state index is -0.108. The fourth-order valence-electron chi connectivity index (χ4n) is 2.98. The molecule has 1 N–H and O–H groups in total. The van der Waals surface area contributed by atoms with E-state index in [1.165, 1.54) is 45.2 Å². The van der Waals surface area contributed by atoms with Crippen LogP contribution in [0.25, 0.3) is 0 Å². The first-order chi connectivity index (χ1) is 6.75. The van der Waals surface area contributed by atoms with Crippen molar-refractivity contribution in [1.29, 1.82) is 0 Å². The van der Waals surface area contributed by atoms with Crippen LogP contribution in [-0.2, 0) is 0 Å². The van der Waals surface area contributed by atoms with Gasteiger partial charge in [0.2, 0.25) is 0 Å². The summed E-state index contributed by atoms with van der Waals surface area (Å²) in [5.74, 6) is 1.50. The molecule has 0 aromatic heterocycles. The van der Waals surface area contributed by atoms with E-state index in [9.17, 15) is 5.11 Å². The van der Waals surface area contributed by atoms with E-state index in [2.05, 4.69) is 4.90 Å². The van der Waals surface area contributed by atoms with Crippen LogP contribution in [0.15, 0.2) is 0 Å². The number of hydrogen-bond acceptors (Lipinski definition) is 2. The molecule has 14 heavy (non-hydrogen) atoms. The highest BCUT2D eigenvalue weighted by molar-refractivity contribution is 4.81. The van der Waals surface area contributed by atoms with Crippen molar-refractivity contribution in [2.45, 2.75) is 45.1 Å². The standard InChI is InChI=1S/C12H23NO/c1-10(14)12-6-7-13(9-12)8-11-4-2-3-5-11/h10-12,14H,2-9H2,1H3. The average Bonchev–Trinajstić information content (AvgIpc) is 2.75. The highest BCUT2D eigenvalue weighted by Crippen LogP contribution is 2.28. The van der Waals surface area contributed by atoms with Gasteiger partial charge in [0, 0.05) is 13.1 Å². The lowest BCUT2D eigenvalue weighted by molar-refractivity contribution is 0.126. The third-order valence-electron chi connectivity index (χ3n) is 3.98. The first-order valence-electron chi connectivity index (χ1n) is 6.16. The monoisotopic (exact) mass is 197 g/mol. The number of nitrogens with zero attached hydrogens (tertiary/aromatic N) is 1. The molecule has 0 aromatic rings. The smallest absolute Gasteiger partial charge is 0.0552 e. The first-order valence-corrected chi connectivity index (χ1v) is 6.16. The fraction of sp³-hybridized carbons (Fsp3) is 1.00. The average molecular weight is 197 g/mol. The van der Waals surface area contributed by atoms with Gasteiger partial charge in [-0.2, -0.15) is 0 Å². The van der Waals surface area contributed by atoms with Crippen molar-refractivity contribution in [1.82, 2.24) is 4.90 Å². The topological polar surface area (TPSA) is 23.5 Å². The Morgan fingerprint density at radius 2 is 2.00 bits per heavy atom. The van der Waals surface area contributed by atoms with E-state index < -0.39 is 0 Å². The van der Waals surface area contributed by atoms with Gasteiger partial charge in [-0.05, 0) is 44.6 Å². The second-order valence-electron chi connectivity index (χ2n) is 5.20. The molecule has 0 spiro atoms. The molecule has 1 heterocycles. The Balaban J connectivity index is 1.72. The summed E-state index contributed by atoms with van der Waals surface area (Å²) in [6.45, 7) is 5.58. The summed E-state index contributed by atoms with van der Waals surface area (Å²) < 4.78 is 0. The van der Waals surface area contributed by atoms with Crippen LogP contribution in [0.4, 0.5) is 0 Å². The van der Waals surface area contributed by atoms with Crippen LogP contribution in [0.2, 0.25) is 0 Å². The predicted octanol–water partition coefficient (Wildman–Crippen LogP) is 1.88. The van der Waals surface area contributed by atoms with Crippen LogP contribution in [0, 0.1) is 11.8 Å². The summed E-state index contributed by atoms with van der Waals surface area (Å²) in [7, 11) is 0. The van der Waals surface area contributed by atoms with E-state index in [4.69, 9.17) is 0 Å². The van der Waals surface area contributed by atoms with E-state index in [0.717, 1.165) is 12.5 Å². The van der Waals surface area contributed by atoms with Crippen molar-refractivity contribution in [3.8, 4) is 0 Å². The Labute approximate surface area is 87.3 Å². The van der Waals surface area contributed by atoms with E-state index in [1.807, 2.05) is 6.92 Å². The third-order valence-corrected chi connectivity index (χ3v) is 3.98. The maximum absolute atomic E-state index is 9.50. The lowest BCUT2D eigenvalue weighted by Gasteiger charge is -2.20. The lowest BCUT2D eigenvalue weighted by Crippen LogP contribution is -2.28. The van der Waals surface area contributed by atoms with Crippen molar-refractivity contribution in [3.05, 3.63) is 0 Å². The van der Waals surface area contributed by atoms with Gasteiger partial charge in [-0.25, -0.2) is 0 Å². The molecule has 2 heteroatoms. The Hall–Kier alpha value is -0.0800. The molecule has 2 rings (SSSR count). The van der Waals surface area contributed by atoms with Crippen LogP contribution in [0.3, 0.4) is 0 Å². The second kappa shape index (κ2) is 4.63. The maximum Gasteiger partial charge on any atom is 0.0552 e. The summed E-state index contributed by atoms with van der Waals surface area (Å²) in [5.41, 5.74) is 0. The zero-order valence-corrected chi connectivity index (χ0v) is 9.28.